The molecule has 4 rings (SSSR count). The van der Waals surface area contributed by atoms with Gasteiger partial charge in [-0.1, -0.05) is 13.8 Å². The maximum Gasteiger partial charge on any atom is 0.266 e. The average molecular weight is 345 g/mol. The number of aliphatic hydroxyl groups is 1. The minimum atomic E-state index is -1.17. The van der Waals surface area contributed by atoms with Crippen molar-refractivity contribution in [2.75, 3.05) is 6.61 Å². The van der Waals surface area contributed by atoms with Gasteiger partial charge in [0.2, 0.25) is 0 Å². The summed E-state index contributed by atoms with van der Waals surface area (Å²) in [6.07, 6.45) is 1.77. The van der Waals surface area contributed by atoms with Crippen molar-refractivity contribution in [2.45, 2.75) is 33.0 Å². The summed E-state index contributed by atoms with van der Waals surface area (Å²) in [6, 6.07) is 2.00. The number of H-pyrrole nitrogens is 2. The fourth-order valence-corrected chi connectivity index (χ4v) is 4.40. The smallest absolute Gasteiger partial charge is 0.266 e. The molecule has 0 saturated carbocycles. The van der Waals surface area contributed by atoms with Gasteiger partial charge in [-0.25, -0.2) is 0 Å². The minimum Gasteiger partial charge on any atom is -0.381 e. The Morgan fingerprint density at radius 1 is 1.46 bits per heavy atom. The molecule has 3 aromatic rings. The summed E-state index contributed by atoms with van der Waals surface area (Å²) in [7, 11) is 0. The van der Waals surface area contributed by atoms with Crippen LogP contribution in [0.2, 0.25) is 0 Å². The molecule has 3 aromatic heterocycles. The van der Waals surface area contributed by atoms with Crippen molar-refractivity contribution in [3.05, 3.63) is 39.6 Å². The molecule has 0 aliphatic carbocycles. The lowest BCUT2D eigenvalue weighted by atomic mass is 9.83. The molecule has 3 N–H and O–H groups in total. The van der Waals surface area contributed by atoms with Gasteiger partial charge in [0.1, 0.15) is 10.3 Å². The lowest BCUT2D eigenvalue weighted by Crippen LogP contribution is -2.43. The molecule has 126 valence electrons. The molecule has 0 bridgehead atoms. The van der Waals surface area contributed by atoms with Crippen LogP contribution in [0.1, 0.15) is 30.8 Å². The average Bonchev–Trinajstić information content (AvgIpc) is 3.15. The molecule has 0 amide bonds. The van der Waals surface area contributed by atoms with E-state index in [1.165, 1.54) is 11.3 Å². The van der Waals surface area contributed by atoms with Gasteiger partial charge in [-0.3, -0.25) is 9.89 Å². The van der Waals surface area contributed by atoms with Crippen molar-refractivity contribution in [1.82, 2.24) is 15.2 Å². The Bertz CT molecular complexity index is 985. The van der Waals surface area contributed by atoms with Crippen LogP contribution < -0.4 is 5.56 Å². The number of rotatable bonds is 2. The second-order valence-electron chi connectivity index (χ2n) is 6.64. The molecule has 0 unspecified atom stereocenters. The summed E-state index contributed by atoms with van der Waals surface area (Å²) in [5.41, 5.74) is 2.07. The number of nitrogens with zero attached hydrogens (tertiary/aromatic N) is 1. The largest absolute Gasteiger partial charge is 0.381 e. The zero-order valence-corrected chi connectivity index (χ0v) is 14.6. The van der Waals surface area contributed by atoms with Crippen LogP contribution >= 0.6 is 11.3 Å². The van der Waals surface area contributed by atoms with Crippen molar-refractivity contribution < 1.29 is 9.84 Å². The Labute approximate surface area is 142 Å². The number of ether oxygens (including phenoxy) is 1. The third kappa shape index (κ3) is 2.08. The molecule has 1 atom stereocenters. The van der Waals surface area contributed by atoms with Gasteiger partial charge < -0.3 is 14.8 Å². The number of aromatic amines is 2. The highest BCUT2D eigenvalue weighted by atomic mass is 32.1. The Balaban J connectivity index is 2.00. The quantitative estimate of drug-likeness (QED) is 0.666. The first-order valence-electron chi connectivity index (χ1n) is 7.91. The molecular formula is C17H19N3O3S. The highest BCUT2D eigenvalue weighted by Gasteiger charge is 2.40. The minimum absolute atomic E-state index is 0.0705. The first kappa shape index (κ1) is 15.6. The summed E-state index contributed by atoms with van der Waals surface area (Å²) < 4.78 is 6.31. The molecule has 4 heterocycles. The molecule has 1 aliphatic rings. The number of aromatic nitrogens is 3. The number of pyridine rings is 1. The van der Waals surface area contributed by atoms with E-state index in [2.05, 4.69) is 15.2 Å². The highest BCUT2D eigenvalue weighted by molar-refractivity contribution is 7.22. The molecule has 6 nitrogen and oxygen atoms in total. The third-order valence-corrected chi connectivity index (χ3v) is 6.02. The number of hydrogen-bond donors (Lipinski definition) is 3. The molecule has 0 aromatic carbocycles. The van der Waals surface area contributed by atoms with Crippen molar-refractivity contribution in [1.29, 1.82) is 0 Å². The van der Waals surface area contributed by atoms with Crippen LogP contribution in [0.3, 0.4) is 0 Å². The maximum atomic E-state index is 12.6. The number of fused-ring (bicyclic) bond motifs is 3. The highest BCUT2D eigenvalue weighted by Crippen LogP contribution is 2.40. The third-order valence-electron chi connectivity index (χ3n) is 4.86. The molecule has 24 heavy (non-hydrogen) atoms. The van der Waals surface area contributed by atoms with Crippen LogP contribution in [0.5, 0.6) is 0 Å². The molecule has 0 fully saturated rings. The first-order valence-corrected chi connectivity index (χ1v) is 8.73. The number of aryl methyl sites for hydroxylation is 1. The SMILES string of the molecule is Cc1[nH]ncc1-c1cc2c3c([nH]c(=O)c2s1)[C@](O)(C(C)C)COC3. The van der Waals surface area contributed by atoms with Gasteiger partial charge in [-0.2, -0.15) is 5.10 Å². The van der Waals surface area contributed by atoms with Crippen molar-refractivity contribution in [2.24, 2.45) is 5.92 Å². The predicted molar refractivity (Wildman–Crippen MR) is 93.2 cm³/mol. The second kappa shape index (κ2) is 5.27. The van der Waals surface area contributed by atoms with E-state index in [-0.39, 0.29) is 18.1 Å². The fourth-order valence-electron chi connectivity index (χ4n) is 3.25. The van der Waals surface area contributed by atoms with E-state index in [1.54, 1.807) is 6.20 Å². The molecule has 0 radical (unpaired) electrons. The maximum absolute atomic E-state index is 12.6. The van der Waals surface area contributed by atoms with Crippen molar-refractivity contribution in [3.8, 4) is 10.4 Å². The van der Waals surface area contributed by atoms with E-state index in [1.807, 2.05) is 26.8 Å². The van der Waals surface area contributed by atoms with Crippen LogP contribution in [0.4, 0.5) is 0 Å². The van der Waals surface area contributed by atoms with E-state index in [0.717, 1.165) is 27.1 Å². The lowest BCUT2D eigenvalue weighted by molar-refractivity contribution is -0.104. The van der Waals surface area contributed by atoms with Crippen LogP contribution in [-0.2, 0) is 16.9 Å². The first-order chi connectivity index (χ1) is 11.4. The van der Waals surface area contributed by atoms with Gasteiger partial charge in [0.25, 0.3) is 5.56 Å². The zero-order chi connectivity index (χ0) is 17.1. The van der Waals surface area contributed by atoms with E-state index >= 15 is 0 Å². The predicted octanol–water partition coefficient (Wildman–Crippen LogP) is 2.66. The number of hydrogen-bond acceptors (Lipinski definition) is 5. The van der Waals surface area contributed by atoms with Crippen molar-refractivity contribution >= 4 is 21.4 Å². The van der Waals surface area contributed by atoms with Crippen LogP contribution in [0.25, 0.3) is 20.5 Å². The molecule has 0 spiro atoms. The number of thiophene rings is 1. The molecule has 0 saturated heterocycles. The summed E-state index contributed by atoms with van der Waals surface area (Å²) in [5.74, 6) is -0.0705. The van der Waals surface area contributed by atoms with E-state index in [4.69, 9.17) is 4.74 Å². The summed E-state index contributed by atoms with van der Waals surface area (Å²) in [4.78, 5) is 16.5. The molecule has 7 heteroatoms. The topological polar surface area (TPSA) is 91.0 Å². The van der Waals surface area contributed by atoms with Gasteiger partial charge in [0.05, 0.1) is 25.1 Å². The van der Waals surface area contributed by atoms with Crippen LogP contribution in [0, 0.1) is 12.8 Å². The Morgan fingerprint density at radius 3 is 2.92 bits per heavy atom. The van der Waals surface area contributed by atoms with Crippen LogP contribution in [0.15, 0.2) is 17.1 Å². The summed E-state index contributed by atoms with van der Waals surface area (Å²) >= 11 is 1.44. The monoisotopic (exact) mass is 345 g/mol. The summed E-state index contributed by atoms with van der Waals surface area (Å²) in [5, 5.41) is 18.8. The number of nitrogens with one attached hydrogen (secondary N) is 2. The molecule has 1 aliphatic heterocycles. The van der Waals surface area contributed by atoms with Gasteiger partial charge in [-0.15, -0.1) is 11.3 Å². The molecular weight excluding hydrogens is 326 g/mol. The van der Waals surface area contributed by atoms with Crippen molar-refractivity contribution in [3.63, 3.8) is 0 Å². The summed E-state index contributed by atoms with van der Waals surface area (Å²) in [6.45, 7) is 6.38. The van der Waals surface area contributed by atoms with E-state index in [9.17, 15) is 9.90 Å². The zero-order valence-electron chi connectivity index (χ0n) is 13.8. The van der Waals surface area contributed by atoms with Gasteiger partial charge in [0, 0.05) is 27.1 Å². The van der Waals surface area contributed by atoms with Crippen LogP contribution in [-0.4, -0.2) is 26.9 Å². The van der Waals surface area contributed by atoms with E-state index in [0.29, 0.717) is 17.0 Å². The fraction of sp³-hybridized carbons (Fsp3) is 0.412. The van der Waals surface area contributed by atoms with Gasteiger partial charge in [0.15, 0.2) is 0 Å². The second-order valence-corrected chi connectivity index (χ2v) is 7.69. The normalized spacial score (nSPS) is 20.7. The standard InChI is InChI=1S/C17H19N3O3S/c1-8(2)17(22)7-23-6-12-10-4-13(11-5-18-20-9(11)3)24-14(10)16(21)19-15(12)17/h4-5,8,22H,6-7H2,1-3H3,(H,18,20)(H,19,21)/t17-/m1/s1. The van der Waals surface area contributed by atoms with Gasteiger partial charge in [-0.05, 0) is 18.9 Å². The Hall–Kier alpha value is -1.96. The lowest BCUT2D eigenvalue weighted by Gasteiger charge is -2.37. The Kier molecular flexibility index (Phi) is 3.42. The van der Waals surface area contributed by atoms with E-state index < -0.39 is 5.60 Å². The Morgan fingerprint density at radius 2 is 2.25 bits per heavy atom. The van der Waals surface area contributed by atoms with Gasteiger partial charge >= 0.3 is 0 Å².